The molecule has 33 heavy (non-hydrogen) atoms. The average molecular weight is 486 g/mol. The Labute approximate surface area is 198 Å². The van der Waals surface area contributed by atoms with Gasteiger partial charge in [0.2, 0.25) is 0 Å². The Morgan fingerprint density at radius 2 is 1.91 bits per heavy atom. The lowest BCUT2D eigenvalue weighted by molar-refractivity contribution is 0.0642. The standard InChI is InChI=1S/C23H39N3O6S/c1-17(2)14-26(33(29,30)25-23(3,4)5)15-21(27)20(13-18-9-7-6-8-10-18)24-22(28)32-19-11-12-31-16-19/h6-10,17,19-21,25,27H,11-16H2,1-5H3,(H,24,28)/t19-,20-,21+/m0/s1. The van der Waals surface area contributed by atoms with Crippen LogP contribution in [0, 0.1) is 5.92 Å². The molecule has 3 atom stereocenters. The third kappa shape index (κ3) is 9.97. The van der Waals surface area contributed by atoms with E-state index in [-0.39, 0.29) is 25.1 Å². The van der Waals surface area contributed by atoms with E-state index < -0.39 is 34.0 Å². The Kier molecular flexibility index (Phi) is 10.1. The van der Waals surface area contributed by atoms with Gasteiger partial charge in [0.1, 0.15) is 6.10 Å². The first kappa shape index (κ1) is 27.5. The van der Waals surface area contributed by atoms with E-state index in [1.165, 1.54) is 4.31 Å². The molecule has 1 aromatic rings. The van der Waals surface area contributed by atoms with Crippen molar-refractivity contribution in [2.75, 3.05) is 26.3 Å². The van der Waals surface area contributed by atoms with E-state index in [1.807, 2.05) is 44.2 Å². The van der Waals surface area contributed by atoms with Gasteiger partial charge in [0.15, 0.2) is 0 Å². The number of hydrogen-bond acceptors (Lipinski definition) is 6. The molecule has 10 heteroatoms. The number of benzene rings is 1. The lowest BCUT2D eigenvalue weighted by Gasteiger charge is -2.32. The average Bonchev–Trinajstić information content (AvgIpc) is 3.18. The Morgan fingerprint density at radius 3 is 2.45 bits per heavy atom. The number of aliphatic hydroxyl groups is 1. The first-order valence-electron chi connectivity index (χ1n) is 11.4. The maximum absolute atomic E-state index is 13.0. The second-order valence-electron chi connectivity index (χ2n) is 9.97. The van der Waals surface area contributed by atoms with Crippen LogP contribution in [-0.4, -0.2) is 74.0 Å². The van der Waals surface area contributed by atoms with Crippen molar-refractivity contribution < 1.29 is 27.8 Å². The molecule has 0 aliphatic carbocycles. The molecule has 0 saturated carbocycles. The van der Waals surface area contributed by atoms with E-state index in [9.17, 15) is 18.3 Å². The van der Waals surface area contributed by atoms with Gasteiger partial charge in [-0.2, -0.15) is 17.4 Å². The van der Waals surface area contributed by atoms with Crippen LogP contribution in [0.25, 0.3) is 0 Å². The smallest absolute Gasteiger partial charge is 0.407 e. The number of nitrogens with one attached hydrogen (secondary N) is 2. The first-order valence-corrected chi connectivity index (χ1v) is 12.9. The highest BCUT2D eigenvalue weighted by Gasteiger charge is 2.33. The molecule has 0 radical (unpaired) electrons. The Bertz CT molecular complexity index is 836. The topological polar surface area (TPSA) is 117 Å². The molecule has 1 aromatic carbocycles. The number of alkyl carbamates (subject to hydrolysis) is 1. The molecule has 1 amide bonds. The number of aliphatic hydroxyl groups excluding tert-OH is 1. The summed E-state index contributed by atoms with van der Waals surface area (Å²) in [5.41, 5.74) is 0.227. The second kappa shape index (κ2) is 12.1. The Hall–Kier alpha value is -1.72. The van der Waals surface area contributed by atoms with E-state index in [4.69, 9.17) is 9.47 Å². The largest absolute Gasteiger partial charge is 0.444 e. The molecule has 0 unspecified atom stereocenters. The maximum Gasteiger partial charge on any atom is 0.407 e. The SMILES string of the molecule is CC(C)CN(C[C@@H](O)[C@H](Cc1ccccc1)NC(=O)O[C@H]1CCOC1)S(=O)(=O)NC(C)(C)C. The summed E-state index contributed by atoms with van der Waals surface area (Å²) in [7, 11) is -3.86. The summed E-state index contributed by atoms with van der Waals surface area (Å²) in [5.74, 6) is 0.0432. The number of rotatable bonds is 11. The van der Waals surface area contributed by atoms with Crippen LogP contribution in [-0.2, 0) is 26.1 Å². The van der Waals surface area contributed by atoms with Gasteiger partial charge >= 0.3 is 6.09 Å². The van der Waals surface area contributed by atoms with E-state index in [0.29, 0.717) is 26.1 Å². The summed E-state index contributed by atoms with van der Waals surface area (Å²) in [6, 6.07) is 8.65. The zero-order chi connectivity index (χ0) is 24.6. The summed E-state index contributed by atoms with van der Waals surface area (Å²) < 4.78 is 40.6. The molecular formula is C23H39N3O6S. The third-order valence-electron chi connectivity index (χ3n) is 4.96. The minimum absolute atomic E-state index is 0.0432. The molecule has 1 fully saturated rings. The summed E-state index contributed by atoms with van der Waals surface area (Å²) in [6.45, 7) is 10.0. The van der Waals surface area contributed by atoms with Crippen LogP contribution in [0.5, 0.6) is 0 Å². The number of carbonyl (C=O) groups excluding carboxylic acids is 1. The van der Waals surface area contributed by atoms with Crippen molar-refractivity contribution in [2.45, 2.75) is 71.2 Å². The molecule has 0 bridgehead atoms. The van der Waals surface area contributed by atoms with Gasteiger partial charge in [-0.3, -0.25) is 0 Å². The predicted molar refractivity (Wildman–Crippen MR) is 127 cm³/mol. The van der Waals surface area contributed by atoms with Crippen LogP contribution < -0.4 is 10.0 Å². The zero-order valence-corrected chi connectivity index (χ0v) is 21.1. The number of amides is 1. The van der Waals surface area contributed by atoms with Crippen molar-refractivity contribution in [3.63, 3.8) is 0 Å². The van der Waals surface area contributed by atoms with Gasteiger partial charge in [-0.05, 0) is 38.7 Å². The third-order valence-corrected chi connectivity index (χ3v) is 6.81. The fourth-order valence-electron chi connectivity index (χ4n) is 3.56. The highest BCUT2D eigenvalue weighted by atomic mass is 32.2. The summed E-state index contributed by atoms with van der Waals surface area (Å²) in [6.07, 6.45) is -1.20. The van der Waals surface area contributed by atoms with Crippen LogP contribution in [0.3, 0.4) is 0 Å². The Morgan fingerprint density at radius 1 is 1.24 bits per heavy atom. The lowest BCUT2D eigenvalue weighted by Crippen LogP contribution is -2.55. The molecule has 2 rings (SSSR count). The van der Waals surface area contributed by atoms with Crippen LogP contribution in [0.1, 0.15) is 46.6 Å². The monoisotopic (exact) mass is 485 g/mol. The molecule has 188 valence electrons. The van der Waals surface area contributed by atoms with E-state index in [2.05, 4.69) is 10.0 Å². The highest BCUT2D eigenvalue weighted by Crippen LogP contribution is 2.15. The van der Waals surface area contributed by atoms with Crippen LogP contribution in [0.15, 0.2) is 30.3 Å². The second-order valence-corrected chi connectivity index (χ2v) is 11.6. The summed E-state index contributed by atoms with van der Waals surface area (Å²) in [5, 5.41) is 13.8. The van der Waals surface area contributed by atoms with Gasteiger partial charge in [0.05, 0.1) is 25.4 Å². The van der Waals surface area contributed by atoms with Crippen molar-refractivity contribution in [1.29, 1.82) is 0 Å². The molecule has 3 N–H and O–H groups in total. The van der Waals surface area contributed by atoms with Crippen molar-refractivity contribution in [2.24, 2.45) is 5.92 Å². The molecule has 1 heterocycles. The van der Waals surface area contributed by atoms with Gasteiger partial charge in [0, 0.05) is 25.0 Å². The lowest BCUT2D eigenvalue weighted by atomic mass is 10.0. The van der Waals surface area contributed by atoms with Crippen molar-refractivity contribution in [3.05, 3.63) is 35.9 Å². The van der Waals surface area contributed by atoms with Crippen LogP contribution >= 0.6 is 0 Å². The fraction of sp³-hybridized carbons (Fsp3) is 0.696. The van der Waals surface area contributed by atoms with Crippen molar-refractivity contribution >= 4 is 16.3 Å². The van der Waals surface area contributed by atoms with E-state index >= 15 is 0 Å². The van der Waals surface area contributed by atoms with Gasteiger partial charge in [-0.25, -0.2) is 4.79 Å². The molecule has 9 nitrogen and oxygen atoms in total. The highest BCUT2D eigenvalue weighted by molar-refractivity contribution is 7.87. The predicted octanol–water partition coefficient (Wildman–Crippen LogP) is 2.06. The first-order chi connectivity index (χ1) is 15.4. The molecule has 0 spiro atoms. The normalized spacial score (nSPS) is 19.0. The number of nitrogens with zero attached hydrogens (tertiary/aromatic N) is 1. The van der Waals surface area contributed by atoms with Crippen molar-refractivity contribution in [3.8, 4) is 0 Å². The van der Waals surface area contributed by atoms with Gasteiger partial charge in [-0.15, -0.1) is 0 Å². The van der Waals surface area contributed by atoms with Gasteiger partial charge < -0.3 is 19.9 Å². The van der Waals surface area contributed by atoms with Crippen LogP contribution in [0.4, 0.5) is 4.79 Å². The summed E-state index contributed by atoms with van der Waals surface area (Å²) in [4.78, 5) is 12.5. The number of hydrogen-bond donors (Lipinski definition) is 3. The van der Waals surface area contributed by atoms with Crippen LogP contribution in [0.2, 0.25) is 0 Å². The van der Waals surface area contributed by atoms with Gasteiger partial charge in [-0.1, -0.05) is 44.2 Å². The Balaban J connectivity index is 2.18. The summed E-state index contributed by atoms with van der Waals surface area (Å²) >= 11 is 0. The molecular weight excluding hydrogens is 446 g/mol. The minimum atomic E-state index is -3.86. The minimum Gasteiger partial charge on any atom is -0.444 e. The zero-order valence-electron chi connectivity index (χ0n) is 20.3. The molecule has 1 aliphatic rings. The fourth-order valence-corrected chi connectivity index (χ4v) is 5.31. The van der Waals surface area contributed by atoms with E-state index in [0.717, 1.165) is 5.56 Å². The van der Waals surface area contributed by atoms with Gasteiger partial charge in [0.25, 0.3) is 10.2 Å². The quantitative estimate of drug-likeness (QED) is 0.442. The number of ether oxygens (including phenoxy) is 2. The maximum atomic E-state index is 13.0. The number of carbonyl (C=O) groups is 1. The van der Waals surface area contributed by atoms with E-state index in [1.54, 1.807) is 20.8 Å². The molecule has 0 aromatic heterocycles. The van der Waals surface area contributed by atoms with Crippen molar-refractivity contribution in [1.82, 2.24) is 14.3 Å². The molecule has 1 aliphatic heterocycles. The molecule has 1 saturated heterocycles.